The number of primary sulfonamides is 1. The third-order valence-electron chi connectivity index (χ3n) is 2.58. The third kappa shape index (κ3) is 3.40. The molecule has 0 aliphatic carbocycles. The number of benzene rings is 2. The molecule has 0 aliphatic heterocycles. The van der Waals surface area contributed by atoms with E-state index >= 15 is 0 Å². The van der Waals surface area contributed by atoms with Crippen LogP contribution in [0, 0.1) is 0 Å². The van der Waals surface area contributed by atoms with E-state index in [0.29, 0.717) is 5.56 Å². The number of hydrogen-bond donors (Lipinski definition) is 2. The summed E-state index contributed by atoms with van der Waals surface area (Å²) in [6, 6.07) is 12.8. The van der Waals surface area contributed by atoms with Crippen molar-refractivity contribution in [2.75, 3.05) is 0 Å². The summed E-state index contributed by atoms with van der Waals surface area (Å²) in [4.78, 5) is -0.0824. The third-order valence-corrected chi connectivity index (χ3v) is 3.54. The van der Waals surface area contributed by atoms with Gasteiger partial charge in [-0.05, 0) is 18.2 Å². The second kappa shape index (κ2) is 5.81. The molecule has 2 rings (SSSR count). The van der Waals surface area contributed by atoms with Crippen LogP contribution in [-0.4, -0.2) is 13.5 Å². The maximum Gasteiger partial charge on any atom is 0.240 e. The fourth-order valence-electron chi connectivity index (χ4n) is 1.61. The minimum absolute atomic E-state index is 0.0824. The lowest BCUT2D eigenvalue weighted by molar-refractivity contribution is 0.468. The predicted octanol–water partition coefficient (Wildman–Crippen LogP) is 2.32. The van der Waals surface area contributed by atoms with E-state index in [-0.39, 0.29) is 22.9 Å². The van der Waals surface area contributed by atoms with E-state index in [0.717, 1.165) is 0 Å². The van der Waals surface area contributed by atoms with Crippen molar-refractivity contribution in [1.82, 2.24) is 0 Å². The Bertz CT molecular complexity index is 742. The highest BCUT2D eigenvalue weighted by molar-refractivity contribution is 7.89. The zero-order chi connectivity index (χ0) is 14.6. The van der Waals surface area contributed by atoms with Crippen LogP contribution in [-0.2, 0) is 16.6 Å². The highest BCUT2D eigenvalue weighted by Crippen LogP contribution is 2.24. The summed E-state index contributed by atoms with van der Waals surface area (Å²) in [5.41, 5.74) is 0.773. The molecule has 0 saturated carbocycles. The van der Waals surface area contributed by atoms with Gasteiger partial charge in [-0.1, -0.05) is 30.3 Å². The second-order valence-electron chi connectivity index (χ2n) is 4.04. The van der Waals surface area contributed by atoms with E-state index < -0.39 is 10.0 Å². The summed E-state index contributed by atoms with van der Waals surface area (Å²) in [6.45, 7) is 0.144. The summed E-state index contributed by atoms with van der Waals surface area (Å²) >= 11 is 0. The Morgan fingerprint density at radius 2 is 1.70 bits per heavy atom. The van der Waals surface area contributed by atoms with Crippen LogP contribution in [0.1, 0.15) is 5.56 Å². The van der Waals surface area contributed by atoms with Gasteiger partial charge in [0, 0.05) is 5.56 Å². The summed E-state index contributed by atoms with van der Waals surface area (Å²) in [6.07, 6.45) is 0. The minimum atomic E-state index is -3.84. The molecule has 0 fully saturated rings. The molecule has 0 amide bonds. The number of para-hydroxylation sites is 1. The van der Waals surface area contributed by atoms with Crippen LogP contribution < -0.4 is 5.14 Å². The standard InChI is InChI=1S/C13H13N3O3S/c14-20(18,19)13-8-4-2-6-11(13)16-15-9-10-5-1-3-7-12(10)17/h1-8,17H,9H2,(H2,14,18,19)/b16-15+. The SMILES string of the molecule is NS(=O)(=O)c1ccccc1/N=N/Cc1ccccc1O. The van der Waals surface area contributed by atoms with Gasteiger partial charge >= 0.3 is 0 Å². The molecular formula is C13H13N3O3S. The molecule has 7 heteroatoms. The molecule has 0 aliphatic rings. The molecule has 6 nitrogen and oxygen atoms in total. The van der Waals surface area contributed by atoms with Crippen molar-refractivity contribution in [3.63, 3.8) is 0 Å². The lowest BCUT2D eigenvalue weighted by atomic mass is 10.2. The Balaban J connectivity index is 2.23. The van der Waals surface area contributed by atoms with Crippen molar-refractivity contribution < 1.29 is 13.5 Å². The number of sulfonamides is 1. The number of phenols is 1. The summed E-state index contributed by atoms with van der Waals surface area (Å²) in [5.74, 6) is 0.117. The molecule has 0 atom stereocenters. The molecule has 0 aromatic heterocycles. The number of nitrogens with zero attached hydrogens (tertiary/aromatic N) is 2. The highest BCUT2D eigenvalue weighted by Gasteiger charge is 2.12. The average molecular weight is 291 g/mol. The molecule has 0 heterocycles. The van der Waals surface area contributed by atoms with Crippen molar-refractivity contribution in [2.24, 2.45) is 15.4 Å². The van der Waals surface area contributed by atoms with Crippen molar-refractivity contribution in [2.45, 2.75) is 11.4 Å². The molecule has 104 valence electrons. The molecule has 0 unspecified atom stereocenters. The van der Waals surface area contributed by atoms with Crippen LogP contribution in [0.3, 0.4) is 0 Å². The van der Waals surface area contributed by atoms with Crippen molar-refractivity contribution in [3.8, 4) is 5.75 Å². The lowest BCUT2D eigenvalue weighted by Gasteiger charge is -2.02. The Kier molecular flexibility index (Phi) is 4.11. The van der Waals surface area contributed by atoms with E-state index in [4.69, 9.17) is 5.14 Å². The van der Waals surface area contributed by atoms with Gasteiger partial charge in [0.1, 0.15) is 16.3 Å². The number of nitrogens with two attached hydrogens (primary N) is 1. The Morgan fingerprint density at radius 1 is 1.05 bits per heavy atom. The van der Waals surface area contributed by atoms with Gasteiger partial charge < -0.3 is 5.11 Å². The Hall–Kier alpha value is -2.25. The van der Waals surface area contributed by atoms with Gasteiger partial charge in [-0.25, -0.2) is 13.6 Å². The summed E-state index contributed by atoms with van der Waals surface area (Å²) in [7, 11) is -3.84. The van der Waals surface area contributed by atoms with E-state index in [1.54, 1.807) is 36.4 Å². The predicted molar refractivity (Wildman–Crippen MR) is 74.1 cm³/mol. The van der Waals surface area contributed by atoms with Gasteiger partial charge in [0.25, 0.3) is 0 Å². The smallest absolute Gasteiger partial charge is 0.240 e. The zero-order valence-electron chi connectivity index (χ0n) is 10.5. The number of phenolic OH excluding ortho intramolecular Hbond substituents is 1. The molecule has 0 saturated heterocycles. The fourth-order valence-corrected chi connectivity index (χ4v) is 2.28. The van der Waals surface area contributed by atoms with E-state index in [1.165, 1.54) is 12.1 Å². The number of aromatic hydroxyl groups is 1. The minimum Gasteiger partial charge on any atom is -0.508 e. The second-order valence-corrected chi connectivity index (χ2v) is 5.57. The first-order valence-electron chi connectivity index (χ1n) is 5.74. The first-order valence-corrected chi connectivity index (χ1v) is 7.29. The lowest BCUT2D eigenvalue weighted by Crippen LogP contribution is -2.12. The Labute approximate surface area is 116 Å². The van der Waals surface area contributed by atoms with Crippen LogP contribution in [0.4, 0.5) is 5.69 Å². The number of rotatable bonds is 4. The Morgan fingerprint density at radius 3 is 2.40 bits per heavy atom. The molecule has 0 spiro atoms. The largest absolute Gasteiger partial charge is 0.508 e. The topological polar surface area (TPSA) is 105 Å². The quantitative estimate of drug-likeness (QED) is 0.844. The first kappa shape index (κ1) is 14.2. The molecule has 3 N–H and O–H groups in total. The van der Waals surface area contributed by atoms with Gasteiger partial charge in [0.05, 0.1) is 6.54 Å². The highest BCUT2D eigenvalue weighted by atomic mass is 32.2. The number of azo groups is 1. The molecule has 2 aromatic rings. The van der Waals surface area contributed by atoms with Gasteiger partial charge in [-0.2, -0.15) is 10.2 Å². The molecular weight excluding hydrogens is 278 g/mol. The molecule has 2 aromatic carbocycles. The fraction of sp³-hybridized carbons (Fsp3) is 0.0769. The van der Waals surface area contributed by atoms with Gasteiger partial charge in [-0.15, -0.1) is 0 Å². The zero-order valence-corrected chi connectivity index (χ0v) is 11.3. The van der Waals surface area contributed by atoms with Crippen LogP contribution in [0.25, 0.3) is 0 Å². The summed E-state index contributed by atoms with van der Waals surface area (Å²) in [5, 5.41) is 22.4. The van der Waals surface area contributed by atoms with Crippen molar-refractivity contribution in [1.29, 1.82) is 0 Å². The molecule has 0 radical (unpaired) electrons. The maximum atomic E-state index is 11.4. The van der Waals surface area contributed by atoms with E-state index in [2.05, 4.69) is 10.2 Å². The van der Waals surface area contributed by atoms with Gasteiger partial charge in [0.15, 0.2) is 0 Å². The first-order chi connectivity index (χ1) is 9.48. The normalized spacial score (nSPS) is 11.8. The van der Waals surface area contributed by atoms with Crippen LogP contribution >= 0.6 is 0 Å². The molecule has 20 heavy (non-hydrogen) atoms. The van der Waals surface area contributed by atoms with Crippen molar-refractivity contribution >= 4 is 15.7 Å². The van der Waals surface area contributed by atoms with E-state index in [9.17, 15) is 13.5 Å². The van der Waals surface area contributed by atoms with Crippen LogP contribution in [0.5, 0.6) is 5.75 Å². The van der Waals surface area contributed by atoms with Crippen molar-refractivity contribution in [3.05, 3.63) is 54.1 Å². The maximum absolute atomic E-state index is 11.4. The van der Waals surface area contributed by atoms with E-state index in [1.807, 2.05) is 0 Å². The van der Waals surface area contributed by atoms with Crippen LogP contribution in [0.2, 0.25) is 0 Å². The monoisotopic (exact) mass is 291 g/mol. The van der Waals surface area contributed by atoms with Crippen LogP contribution in [0.15, 0.2) is 63.7 Å². The average Bonchev–Trinajstić information content (AvgIpc) is 2.40. The molecule has 0 bridgehead atoms. The summed E-state index contributed by atoms with van der Waals surface area (Å²) < 4.78 is 22.8. The number of hydrogen-bond acceptors (Lipinski definition) is 5. The van der Waals surface area contributed by atoms with Gasteiger partial charge in [0.2, 0.25) is 10.0 Å². The van der Waals surface area contributed by atoms with Gasteiger partial charge in [-0.3, -0.25) is 0 Å².